The predicted octanol–water partition coefficient (Wildman–Crippen LogP) is 4.28. The van der Waals surface area contributed by atoms with Gasteiger partial charge in [0, 0.05) is 0 Å². The molecule has 0 N–H and O–H groups in total. The first-order valence-corrected chi connectivity index (χ1v) is 10.0. The molecule has 0 aromatic carbocycles. The van der Waals surface area contributed by atoms with Gasteiger partial charge in [-0.1, -0.05) is 32.2 Å². The van der Waals surface area contributed by atoms with E-state index < -0.39 is 7.38 Å². The molecule has 0 radical (unpaired) electrons. The number of rotatable bonds is 3. The monoisotopic (exact) mass is 228 g/mol. The zero-order valence-corrected chi connectivity index (χ0v) is 11.2. The Morgan fingerprint density at radius 2 is 2.07 bits per heavy atom. The summed E-state index contributed by atoms with van der Waals surface area (Å²) in [6.45, 7) is 6.96. The molecule has 80 valence electrons. The van der Waals surface area contributed by atoms with Gasteiger partial charge in [0.15, 0.2) is 7.38 Å². The van der Waals surface area contributed by atoms with Crippen LogP contribution in [0.1, 0.15) is 19.8 Å². The topological polar surface area (TPSA) is 0 Å². The zero-order valence-electron chi connectivity index (χ0n) is 9.46. The second-order valence-electron chi connectivity index (χ2n) is 5.84. The summed E-state index contributed by atoms with van der Waals surface area (Å²) in [6.07, 6.45) is 7.75. The minimum Gasteiger partial charge on any atom is -0.168 e. The molecular formula is C12H21ClSi. The van der Waals surface area contributed by atoms with Crippen molar-refractivity contribution in [2.45, 2.75) is 38.9 Å². The lowest BCUT2D eigenvalue weighted by Crippen LogP contribution is -2.26. The molecule has 0 aromatic heterocycles. The maximum Gasteiger partial charge on any atom is 0.150 e. The fourth-order valence-electron chi connectivity index (χ4n) is 3.39. The first-order valence-electron chi connectivity index (χ1n) is 5.83. The van der Waals surface area contributed by atoms with Gasteiger partial charge in [0.25, 0.3) is 0 Å². The van der Waals surface area contributed by atoms with E-state index in [0.717, 1.165) is 23.7 Å². The second-order valence-corrected chi connectivity index (χ2v) is 12.8. The molecule has 2 heteroatoms. The summed E-state index contributed by atoms with van der Waals surface area (Å²) in [5.74, 6) is 3.58. The van der Waals surface area contributed by atoms with Gasteiger partial charge in [0.05, 0.1) is 0 Å². The van der Waals surface area contributed by atoms with Gasteiger partial charge >= 0.3 is 0 Å². The number of fused-ring (bicyclic) bond motifs is 2. The Morgan fingerprint density at radius 3 is 2.50 bits per heavy atom. The Kier molecular flexibility index (Phi) is 2.82. The third-order valence-electron chi connectivity index (χ3n) is 3.87. The molecule has 1 fully saturated rings. The summed E-state index contributed by atoms with van der Waals surface area (Å²) in [4.78, 5) is 0. The maximum atomic E-state index is 6.43. The van der Waals surface area contributed by atoms with Crippen molar-refractivity contribution in [3.8, 4) is 0 Å². The van der Waals surface area contributed by atoms with Crippen LogP contribution in [-0.2, 0) is 0 Å². The third kappa shape index (κ3) is 2.25. The maximum absolute atomic E-state index is 6.43. The summed E-state index contributed by atoms with van der Waals surface area (Å²) in [7, 11) is -1.37. The lowest BCUT2D eigenvalue weighted by Gasteiger charge is -2.28. The average molecular weight is 229 g/mol. The highest BCUT2D eigenvalue weighted by Gasteiger charge is 2.39. The van der Waals surface area contributed by atoms with Crippen LogP contribution < -0.4 is 0 Å². The highest BCUT2D eigenvalue weighted by atomic mass is 35.6. The largest absolute Gasteiger partial charge is 0.168 e. The highest BCUT2D eigenvalue weighted by molar-refractivity contribution is 7.19. The SMILES string of the molecule is CC(C[Si](C)(C)Cl)C1CC2C=CC1C2. The van der Waals surface area contributed by atoms with Gasteiger partial charge in [0.2, 0.25) is 0 Å². The van der Waals surface area contributed by atoms with Crippen LogP contribution >= 0.6 is 11.1 Å². The van der Waals surface area contributed by atoms with Crippen molar-refractivity contribution in [2.24, 2.45) is 23.7 Å². The minimum atomic E-state index is -1.37. The second kappa shape index (κ2) is 3.68. The highest BCUT2D eigenvalue weighted by Crippen LogP contribution is 2.48. The van der Waals surface area contributed by atoms with Gasteiger partial charge in [-0.2, -0.15) is 11.1 Å². The van der Waals surface area contributed by atoms with Crippen molar-refractivity contribution in [1.82, 2.24) is 0 Å². The van der Waals surface area contributed by atoms with Crippen molar-refractivity contribution in [3.63, 3.8) is 0 Å². The Balaban J connectivity index is 1.93. The summed E-state index contributed by atoms with van der Waals surface area (Å²) >= 11 is 6.43. The molecule has 0 spiro atoms. The van der Waals surface area contributed by atoms with E-state index in [1.807, 2.05) is 0 Å². The van der Waals surface area contributed by atoms with Crippen LogP contribution in [0.5, 0.6) is 0 Å². The molecule has 0 aromatic rings. The third-order valence-corrected chi connectivity index (χ3v) is 5.95. The summed E-state index contributed by atoms with van der Waals surface area (Å²) in [5.41, 5.74) is 0. The van der Waals surface area contributed by atoms with Crippen LogP contribution in [0.3, 0.4) is 0 Å². The van der Waals surface area contributed by atoms with E-state index in [0.29, 0.717) is 0 Å². The Hall–Kier alpha value is 0.247. The van der Waals surface area contributed by atoms with Crippen LogP contribution in [-0.4, -0.2) is 7.38 Å². The number of hydrogen-bond acceptors (Lipinski definition) is 0. The Bertz CT molecular complexity index is 241. The molecule has 2 aliphatic rings. The molecule has 0 saturated heterocycles. The fraction of sp³-hybridized carbons (Fsp3) is 0.833. The van der Waals surface area contributed by atoms with Crippen LogP contribution in [0, 0.1) is 23.7 Å². The minimum absolute atomic E-state index is 0.842. The number of hydrogen-bond donors (Lipinski definition) is 0. The summed E-state index contributed by atoms with van der Waals surface area (Å²) < 4.78 is 0. The first kappa shape index (κ1) is 10.8. The predicted molar refractivity (Wildman–Crippen MR) is 66.2 cm³/mol. The van der Waals surface area contributed by atoms with Crippen LogP contribution in [0.2, 0.25) is 19.1 Å². The van der Waals surface area contributed by atoms with Gasteiger partial charge in [-0.05, 0) is 42.6 Å². The molecule has 2 rings (SSSR count). The molecule has 0 heterocycles. The fourth-order valence-corrected chi connectivity index (χ4v) is 5.96. The van der Waals surface area contributed by atoms with Crippen LogP contribution in [0.4, 0.5) is 0 Å². The van der Waals surface area contributed by atoms with Crippen molar-refractivity contribution >= 4 is 18.5 Å². The molecule has 2 aliphatic carbocycles. The number of halogens is 1. The summed E-state index contributed by atoms with van der Waals surface area (Å²) in [6, 6.07) is 1.29. The standard InChI is InChI=1S/C12H21ClSi/c1-9(8-14(2,3)13)12-7-10-4-5-11(12)6-10/h4-5,9-12H,6-8H2,1-3H3. The van der Waals surface area contributed by atoms with E-state index in [2.05, 4.69) is 32.2 Å². The first-order chi connectivity index (χ1) is 6.46. The van der Waals surface area contributed by atoms with E-state index in [4.69, 9.17) is 11.1 Å². The van der Waals surface area contributed by atoms with Crippen molar-refractivity contribution in [1.29, 1.82) is 0 Å². The van der Waals surface area contributed by atoms with Crippen LogP contribution in [0.15, 0.2) is 12.2 Å². The normalized spacial score (nSPS) is 37.9. The van der Waals surface area contributed by atoms with Crippen LogP contribution in [0.25, 0.3) is 0 Å². The van der Waals surface area contributed by atoms with Gasteiger partial charge in [-0.25, -0.2) is 0 Å². The van der Waals surface area contributed by atoms with E-state index in [1.54, 1.807) is 0 Å². The molecule has 0 nitrogen and oxygen atoms in total. The lowest BCUT2D eigenvalue weighted by molar-refractivity contribution is 0.329. The molecule has 2 bridgehead atoms. The quantitative estimate of drug-likeness (QED) is 0.384. The van der Waals surface area contributed by atoms with E-state index >= 15 is 0 Å². The van der Waals surface area contributed by atoms with Crippen molar-refractivity contribution in [2.75, 3.05) is 0 Å². The number of allylic oxidation sites excluding steroid dienone is 2. The van der Waals surface area contributed by atoms with Gasteiger partial charge in [-0.3, -0.25) is 0 Å². The van der Waals surface area contributed by atoms with E-state index in [9.17, 15) is 0 Å². The van der Waals surface area contributed by atoms with Gasteiger partial charge < -0.3 is 0 Å². The van der Waals surface area contributed by atoms with E-state index in [1.165, 1.54) is 18.9 Å². The lowest BCUT2D eigenvalue weighted by atomic mass is 9.84. The van der Waals surface area contributed by atoms with Crippen molar-refractivity contribution in [3.05, 3.63) is 12.2 Å². The molecule has 0 aliphatic heterocycles. The average Bonchev–Trinajstić information content (AvgIpc) is 2.59. The van der Waals surface area contributed by atoms with E-state index in [-0.39, 0.29) is 0 Å². The molecule has 1 saturated carbocycles. The van der Waals surface area contributed by atoms with Gasteiger partial charge in [-0.15, -0.1) is 0 Å². The Labute approximate surface area is 93.4 Å². The molecule has 4 unspecified atom stereocenters. The molecular weight excluding hydrogens is 208 g/mol. The Morgan fingerprint density at radius 1 is 1.36 bits per heavy atom. The van der Waals surface area contributed by atoms with Crippen molar-refractivity contribution < 1.29 is 0 Å². The molecule has 4 atom stereocenters. The molecule has 14 heavy (non-hydrogen) atoms. The van der Waals surface area contributed by atoms with Gasteiger partial charge in [0.1, 0.15) is 0 Å². The summed E-state index contributed by atoms with van der Waals surface area (Å²) in [5, 5.41) is 0. The smallest absolute Gasteiger partial charge is 0.150 e. The zero-order chi connectivity index (χ0) is 10.3. The molecule has 0 amide bonds.